The van der Waals surface area contributed by atoms with Crippen LogP contribution in [0.1, 0.15) is 11.1 Å². The molecule has 3 rings (SSSR count). The maximum atomic E-state index is 11.4. The first-order valence-electron chi connectivity index (χ1n) is 7.02. The molecule has 124 valence electrons. The third kappa shape index (κ3) is 3.16. The van der Waals surface area contributed by atoms with E-state index in [0.29, 0.717) is 39.2 Å². The molecule has 6 nitrogen and oxygen atoms in total. The van der Waals surface area contributed by atoms with Crippen molar-refractivity contribution in [1.82, 2.24) is 4.98 Å². The van der Waals surface area contributed by atoms with Gasteiger partial charge in [-0.25, -0.2) is 4.79 Å². The van der Waals surface area contributed by atoms with Crippen LogP contribution >= 0.6 is 23.2 Å². The van der Waals surface area contributed by atoms with Crippen LogP contribution in [0.3, 0.4) is 0 Å². The second kappa shape index (κ2) is 6.67. The van der Waals surface area contributed by atoms with Gasteiger partial charge in [-0.15, -0.1) is 0 Å². The van der Waals surface area contributed by atoms with Gasteiger partial charge in [0.15, 0.2) is 0 Å². The molecule has 1 unspecified atom stereocenters. The quantitative estimate of drug-likeness (QED) is 0.868. The Labute approximate surface area is 148 Å². The highest BCUT2D eigenvalue weighted by Crippen LogP contribution is 2.31. The molecule has 1 aromatic carbocycles. The number of pyridine rings is 1. The maximum Gasteiger partial charge on any atom is 0.349 e. The van der Waals surface area contributed by atoms with Crippen LogP contribution in [-0.2, 0) is 11.2 Å². The Balaban J connectivity index is 2.06. The molecular formula is C16H13Cl2N3O3. The average molecular weight is 366 g/mol. The van der Waals surface area contributed by atoms with Crippen molar-refractivity contribution in [1.29, 1.82) is 0 Å². The fraction of sp³-hybridized carbons (Fsp3) is 0.188. The zero-order valence-corrected chi connectivity index (χ0v) is 14.1. The molecule has 0 fully saturated rings. The van der Waals surface area contributed by atoms with Gasteiger partial charge in [0.2, 0.25) is 6.17 Å². The number of rotatable bonds is 4. The molecule has 2 aromatic rings. The van der Waals surface area contributed by atoms with Crippen LogP contribution in [0.15, 0.2) is 35.6 Å². The maximum absolute atomic E-state index is 11.4. The van der Waals surface area contributed by atoms with E-state index >= 15 is 0 Å². The number of halogens is 2. The van der Waals surface area contributed by atoms with E-state index in [1.165, 1.54) is 12.4 Å². The van der Waals surface area contributed by atoms with Crippen molar-refractivity contribution in [3.8, 4) is 5.75 Å². The number of ether oxygens (including phenoxy) is 1. The molecule has 0 saturated heterocycles. The first-order chi connectivity index (χ1) is 11.5. The van der Waals surface area contributed by atoms with Crippen LogP contribution in [0.25, 0.3) is 0 Å². The van der Waals surface area contributed by atoms with Gasteiger partial charge < -0.3 is 15.2 Å². The molecule has 1 aromatic heterocycles. The van der Waals surface area contributed by atoms with Crippen molar-refractivity contribution >= 4 is 40.6 Å². The monoisotopic (exact) mass is 365 g/mol. The number of carbonyl (C=O) groups is 1. The van der Waals surface area contributed by atoms with Gasteiger partial charge in [-0.1, -0.05) is 23.2 Å². The van der Waals surface area contributed by atoms with E-state index in [0.717, 1.165) is 5.56 Å². The summed E-state index contributed by atoms with van der Waals surface area (Å²) < 4.78 is 5.19. The highest BCUT2D eigenvalue weighted by atomic mass is 35.5. The van der Waals surface area contributed by atoms with Crippen LogP contribution < -0.4 is 10.1 Å². The molecule has 1 aliphatic rings. The molecule has 8 heteroatoms. The SMILES string of the molecule is COc1ccc2c(c1)NC(C(=O)O)N=C2Cc1c(Cl)cncc1Cl. The number of nitrogens with zero attached hydrogens (tertiary/aromatic N) is 2. The number of anilines is 1. The Hall–Kier alpha value is -2.31. The Kier molecular flexibility index (Phi) is 4.59. The largest absolute Gasteiger partial charge is 0.497 e. The number of methoxy groups -OCH3 is 1. The average Bonchev–Trinajstić information content (AvgIpc) is 2.57. The molecule has 1 atom stereocenters. The van der Waals surface area contributed by atoms with Crippen LogP contribution in [0.5, 0.6) is 5.75 Å². The zero-order chi connectivity index (χ0) is 17.3. The van der Waals surface area contributed by atoms with Gasteiger partial charge in [-0.05, 0) is 17.7 Å². The summed E-state index contributed by atoms with van der Waals surface area (Å²) >= 11 is 12.3. The van der Waals surface area contributed by atoms with Crippen molar-refractivity contribution in [2.75, 3.05) is 12.4 Å². The molecule has 0 aliphatic carbocycles. The minimum atomic E-state index is -1.08. The van der Waals surface area contributed by atoms with Crippen molar-refractivity contribution in [3.05, 3.63) is 51.8 Å². The summed E-state index contributed by atoms with van der Waals surface area (Å²) in [7, 11) is 1.55. The fourth-order valence-electron chi connectivity index (χ4n) is 2.46. The molecule has 0 saturated carbocycles. The van der Waals surface area contributed by atoms with E-state index in [4.69, 9.17) is 27.9 Å². The normalized spacial score (nSPS) is 16.0. The van der Waals surface area contributed by atoms with Gasteiger partial charge >= 0.3 is 5.97 Å². The topological polar surface area (TPSA) is 83.8 Å². The number of carboxylic acids is 1. The molecule has 0 amide bonds. The number of hydrogen-bond donors (Lipinski definition) is 2. The smallest absolute Gasteiger partial charge is 0.349 e. The lowest BCUT2D eigenvalue weighted by Gasteiger charge is -2.24. The number of nitrogens with one attached hydrogen (secondary N) is 1. The number of fused-ring (bicyclic) bond motifs is 1. The van der Waals surface area contributed by atoms with E-state index in [1.807, 2.05) is 6.07 Å². The summed E-state index contributed by atoms with van der Waals surface area (Å²) in [6.07, 6.45) is 2.20. The minimum absolute atomic E-state index is 0.297. The number of benzene rings is 1. The standard InChI is InChI=1S/C16H13Cl2N3O3/c1-24-8-2-3-9-13(4-8)20-15(16(22)23)21-14(9)5-10-11(17)6-19-7-12(10)18/h2-4,6-7,15,20H,5H2,1H3,(H,22,23). The summed E-state index contributed by atoms with van der Waals surface area (Å²) in [6.45, 7) is 0. The summed E-state index contributed by atoms with van der Waals surface area (Å²) in [5, 5.41) is 13.0. The molecule has 0 bridgehead atoms. The van der Waals surface area contributed by atoms with Crippen LogP contribution in [0.4, 0.5) is 5.69 Å². The Morgan fingerprint density at radius 3 is 2.67 bits per heavy atom. The van der Waals surface area contributed by atoms with Gasteiger partial charge in [0, 0.05) is 36.1 Å². The predicted octanol–water partition coefficient (Wildman–Crippen LogP) is 3.27. The van der Waals surface area contributed by atoms with Crippen LogP contribution in [-0.4, -0.2) is 35.0 Å². The van der Waals surface area contributed by atoms with E-state index in [9.17, 15) is 9.90 Å². The summed E-state index contributed by atoms with van der Waals surface area (Å²) in [6, 6.07) is 5.34. The lowest BCUT2D eigenvalue weighted by atomic mass is 9.99. The van der Waals surface area contributed by atoms with E-state index < -0.39 is 12.1 Å². The summed E-state index contributed by atoms with van der Waals surface area (Å²) in [5.41, 5.74) is 2.64. The van der Waals surface area contributed by atoms with E-state index in [2.05, 4.69) is 15.3 Å². The van der Waals surface area contributed by atoms with Crippen molar-refractivity contribution < 1.29 is 14.6 Å². The molecular weight excluding hydrogens is 353 g/mol. The fourth-order valence-corrected chi connectivity index (χ4v) is 2.96. The number of carboxylic acid groups (broad SMARTS) is 1. The lowest BCUT2D eigenvalue weighted by Crippen LogP contribution is -2.33. The second-order valence-corrected chi connectivity index (χ2v) is 5.95. The molecule has 2 heterocycles. The zero-order valence-electron chi connectivity index (χ0n) is 12.6. The van der Waals surface area contributed by atoms with Crippen LogP contribution in [0, 0.1) is 0 Å². The van der Waals surface area contributed by atoms with Crippen LogP contribution in [0.2, 0.25) is 10.0 Å². The van der Waals surface area contributed by atoms with Gasteiger partial charge in [0.05, 0.1) is 22.9 Å². The first-order valence-corrected chi connectivity index (χ1v) is 7.77. The molecule has 0 radical (unpaired) electrons. The third-order valence-corrected chi connectivity index (χ3v) is 4.30. The molecule has 2 N–H and O–H groups in total. The third-order valence-electron chi connectivity index (χ3n) is 3.65. The number of aliphatic carboxylic acids is 1. The Morgan fingerprint density at radius 2 is 2.04 bits per heavy atom. The summed E-state index contributed by atoms with van der Waals surface area (Å²) in [4.78, 5) is 19.6. The van der Waals surface area contributed by atoms with Gasteiger partial charge in [-0.3, -0.25) is 9.98 Å². The highest BCUT2D eigenvalue weighted by molar-refractivity contribution is 6.36. The number of hydrogen-bond acceptors (Lipinski definition) is 5. The van der Waals surface area contributed by atoms with Gasteiger partial charge in [0.25, 0.3) is 0 Å². The van der Waals surface area contributed by atoms with Crippen molar-refractivity contribution in [2.45, 2.75) is 12.6 Å². The highest BCUT2D eigenvalue weighted by Gasteiger charge is 2.26. The second-order valence-electron chi connectivity index (χ2n) is 5.13. The Bertz CT molecular complexity index is 819. The summed E-state index contributed by atoms with van der Waals surface area (Å²) in [5.74, 6) is -0.459. The first kappa shape index (κ1) is 16.5. The van der Waals surface area contributed by atoms with E-state index in [-0.39, 0.29) is 0 Å². The molecule has 24 heavy (non-hydrogen) atoms. The number of aliphatic imine (C=N–C) groups is 1. The van der Waals surface area contributed by atoms with Crippen molar-refractivity contribution in [3.63, 3.8) is 0 Å². The van der Waals surface area contributed by atoms with Gasteiger partial charge in [-0.2, -0.15) is 0 Å². The van der Waals surface area contributed by atoms with E-state index in [1.54, 1.807) is 19.2 Å². The lowest BCUT2D eigenvalue weighted by molar-refractivity contribution is -0.137. The number of aromatic nitrogens is 1. The molecule has 0 spiro atoms. The Morgan fingerprint density at radius 1 is 1.33 bits per heavy atom. The molecule has 1 aliphatic heterocycles. The predicted molar refractivity (Wildman–Crippen MR) is 92.5 cm³/mol. The van der Waals surface area contributed by atoms with Crippen molar-refractivity contribution in [2.24, 2.45) is 4.99 Å². The minimum Gasteiger partial charge on any atom is -0.497 e. The van der Waals surface area contributed by atoms with Gasteiger partial charge in [0.1, 0.15) is 5.75 Å².